The Kier molecular flexibility index (Phi) is 11.5. The van der Waals surface area contributed by atoms with Crippen molar-refractivity contribution in [2.75, 3.05) is 25.2 Å². The van der Waals surface area contributed by atoms with Crippen LogP contribution in [0.2, 0.25) is 0 Å². The second kappa shape index (κ2) is 13.6. The number of aliphatic carboxylic acids is 1. The molecule has 3 unspecified atom stereocenters. The molecule has 0 aliphatic carbocycles. The highest BCUT2D eigenvalue weighted by molar-refractivity contribution is 7.98. The molecule has 3 atom stereocenters. The Labute approximate surface area is 179 Å². The number of hydrogen-bond acceptors (Lipinski definition) is 7. The van der Waals surface area contributed by atoms with Gasteiger partial charge in [0, 0.05) is 6.42 Å². The number of carboxylic acids is 1. The van der Waals surface area contributed by atoms with Gasteiger partial charge >= 0.3 is 5.97 Å². The molecule has 3 amide bonds. The lowest BCUT2D eigenvalue weighted by atomic mass is 10.0. The summed E-state index contributed by atoms with van der Waals surface area (Å²) in [7, 11) is 0. The van der Waals surface area contributed by atoms with Crippen molar-refractivity contribution >= 4 is 35.5 Å². The van der Waals surface area contributed by atoms with E-state index in [0.717, 1.165) is 5.56 Å². The van der Waals surface area contributed by atoms with Crippen molar-refractivity contribution in [3.63, 3.8) is 0 Å². The highest BCUT2D eigenvalue weighted by Crippen LogP contribution is 2.06. The minimum Gasteiger partial charge on any atom is -0.480 e. The predicted octanol–water partition coefficient (Wildman–Crippen LogP) is -1.53. The van der Waals surface area contributed by atoms with E-state index in [0.29, 0.717) is 12.2 Å². The molecule has 30 heavy (non-hydrogen) atoms. The number of carbonyl (C=O) groups is 4. The molecule has 0 fully saturated rings. The van der Waals surface area contributed by atoms with Crippen molar-refractivity contribution in [1.82, 2.24) is 16.0 Å². The predicted molar refractivity (Wildman–Crippen MR) is 113 cm³/mol. The van der Waals surface area contributed by atoms with Gasteiger partial charge in [-0.1, -0.05) is 30.3 Å². The summed E-state index contributed by atoms with van der Waals surface area (Å²) >= 11 is 1.49. The lowest BCUT2D eigenvalue weighted by molar-refractivity contribution is -0.143. The summed E-state index contributed by atoms with van der Waals surface area (Å²) in [5.41, 5.74) is 6.04. The number of aliphatic hydroxyl groups excluding tert-OH is 1. The Morgan fingerprint density at radius 3 is 2.13 bits per heavy atom. The SMILES string of the molecule is CSCCC(NC(=O)CN)C(=O)NC(Cc1ccccc1)C(=O)NC(CO)C(=O)O. The average molecular weight is 441 g/mol. The highest BCUT2D eigenvalue weighted by Gasteiger charge is 2.29. The smallest absolute Gasteiger partial charge is 0.328 e. The van der Waals surface area contributed by atoms with Crippen LogP contribution in [0.3, 0.4) is 0 Å². The Morgan fingerprint density at radius 2 is 1.60 bits per heavy atom. The van der Waals surface area contributed by atoms with E-state index in [2.05, 4.69) is 16.0 Å². The molecule has 1 aromatic carbocycles. The average Bonchev–Trinajstić information content (AvgIpc) is 2.74. The maximum Gasteiger partial charge on any atom is 0.328 e. The molecular formula is C19H28N4O6S. The minimum absolute atomic E-state index is 0.0935. The van der Waals surface area contributed by atoms with Crippen LogP contribution in [0.1, 0.15) is 12.0 Å². The first-order valence-corrected chi connectivity index (χ1v) is 10.7. The lowest BCUT2D eigenvalue weighted by Crippen LogP contribution is -2.57. The molecule has 0 radical (unpaired) electrons. The number of benzene rings is 1. The molecule has 0 aromatic heterocycles. The normalized spacial score (nSPS) is 13.6. The number of amides is 3. The van der Waals surface area contributed by atoms with Gasteiger partial charge in [-0.3, -0.25) is 14.4 Å². The van der Waals surface area contributed by atoms with Crippen LogP contribution in [0, 0.1) is 0 Å². The molecule has 166 valence electrons. The largest absolute Gasteiger partial charge is 0.480 e. The van der Waals surface area contributed by atoms with Crippen LogP contribution >= 0.6 is 11.8 Å². The fourth-order valence-electron chi connectivity index (χ4n) is 2.55. The van der Waals surface area contributed by atoms with Gasteiger partial charge in [0.2, 0.25) is 17.7 Å². The van der Waals surface area contributed by atoms with Gasteiger partial charge in [0.25, 0.3) is 0 Å². The molecule has 0 saturated carbocycles. The van der Waals surface area contributed by atoms with E-state index in [1.165, 1.54) is 11.8 Å². The first kappa shape index (κ1) is 25.4. The standard InChI is InChI=1S/C19H28N4O6S/c1-30-8-7-13(21-16(25)10-20)17(26)22-14(9-12-5-3-2-4-6-12)18(27)23-15(11-24)19(28)29/h2-6,13-15,24H,7-11,20H2,1H3,(H,21,25)(H,22,26)(H,23,27)(H,28,29). The van der Waals surface area contributed by atoms with E-state index in [1.54, 1.807) is 30.3 Å². The summed E-state index contributed by atoms with van der Waals surface area (Å²) in [5.74, 6) is -2.67. The van der Waals surface area contributed by atoms with E-state index < -0.39 is 48.4 Å². The number of hydrogen-bond donors (Lipinski definition) is 6. The second-order valence-corrected chi connectivity index (χ2v) is 7.42. The summed E-state index contributed by atoms with van der Waals surface area (Å²) in [6, 6.07) is 5.34. The number of carbonyl (C=O) groups excluding carboxylic acids is 3. The number of nitrogens with one attached hydrogen (secondary N) is 3. The molecular weight excluding hydrogens is 412 g/mol. The second-order valence-electron chi connectivity index (χ2n) is 6.44. The molecule has 0 bridgehead atoms. The molecule has 11 heteroatoms. The van der Waals surface area contributed by atoms with Crippen molar-refractivity contribution in [2.45, 2.75) is 31.0 Å². The van der Waals surface area contributed by atoms with Crippen molar-refractivity contribution in [3.8, 4) is 0 Å². The van der Waals surface area contributed by atoms with Crippen molar-refractivity contribution < 1.29 is 29.4 Å². The van der Waals surface area contributed by atoms with Gasteiger partial charge in [0.15, 0.2) is 0 Å². The monoisotopic (exact) mass is 440 g/mol. The topological polar surface area (TPSA) is 171 Å². The molecule has 7 N–H and O–H groups in total. The highest BCUT2D eigenvalue weighted by atomic mass is 32.2. The molecule has 0 spiro atoms. The Bertz CT molecular complexity index is 718. The first-order chi connectivity index (χ1) is 14.3. The maximum atomic E-state index is 12.8. The van der Waals surface area contributed by atoms with Crippen LogP contribution in [0.15, 0.2) is 30.3 Å². The number of rotatable bonds is 13. The molecule has 1 rings (SSSR count). The van der Waals surface area contributed by atoms with E-state index in [1.807, 2.05) is 6.26 Å². The van der Waals surface area contributed by atoms with Crippen LogP contribution in [-0.2, 0) is 25.6 Å². The Morgan fingerprint density at radius 1 is 1.00 bits per heavy atom. The summed E-state index contributed by atoms with van der Waals surface area (Å²) in [6.45, 7) is -1.08. The van der Waals surface area contributed by atoms with Crippen LogP contribution in [0.4, 0.5) is 0 Å². The van der Waals surface area contributed by atoms with Gasteiger partial charge in [-0.15, -0.1) is 0 Å². The van der Waals surface area contributed by atoms with Gasteiger partial charge < -0.3 is 31.9 Å². The molecule has 0 aliphatic heterocycles. The quantitative estimate of drug-likeness (QED) is 0.214. The summed E-state index contributed by atoms with van der Waals surface area (Å²) in [5, 5.41) is 25.5. The lowest BCUT2D eigenvalue weighted by Gasteiger charge is -2.24. The first-order valence-electron chi connectivity index (χ1n) is 9.29. The summed E-state index contributed by atoms with van der Waals surface area (Å²) in [6.07, 6.45) is 2.27. The Balaban J connectivity index is 3.00. The molecule has 1 aromatic rings. The third kappa shape index (κ3) is 8.80. The zero-order chi connectivity index (χ0) is 22.5. The van der Waals surface area contributed by atoms with Crippen molar-refractivity contribution in [2.24, 2.45) is 5.73 Å². The Hall–Kier alpha value is -2.63. The van der Waals surface area contributed by atoms with Crippen LogP contribution in [0.5, 0.6) is 0 Å². The van der Waals surface area contributed by atoms with Gasteiger partial charge in [-0.05, 0) is 24.0 Å². The van der Waals surface area contributed by atoms with E-state index >= 15 is 0 Å². The van der Waals surface area contributed by atoms with Gasteiger partial charge in [0.05, 0.1) is 13.2 Å². The number of nitrogens with two attached hydrogens (primary N) is 1. The maximum absolute atomic E-state index is 12.8. The third-order valence-corrected chi connectivity index (χ3v) is 4.80. The van der Waals surface area contributed by atoms with Crippen molar-refractivity contribution in [1.29, 1.82) is 0 Å². The molecule has 0 heterocycles. The summed E-state index contributed by atoms with van der Waals surface area (Å²) < 4.78 is 0. The fraction of sp³-hybridized carbons (Fsp3) is 0.474. The van der Waals surface area contributed by atoms with Crippen LogP contribution in [-0.4, -0.2) is 77.2 Å². The third-order valence-electron chi connectivity index (χ3n) is 4.16. The van der Waals surface area contributed by atoms with Gasteiger partial charge in [-0.25, -0.2) is 4.79 Å². The minimum atomic E-state index is -1.50. The molecule has 0 saturated heterocycles. The fourth-order valence-corrected chi connectivity index (χ4v) is 3.02. The number of thioether (sulfide) groups is 1. The molecule has 10 nitrogen and oxygen atoms in total. The van der Waals surface area contributed by atoms with Crippen LogP contribution in [0.25, 0.3) is 0 Å². The zero-order valence-corrected chi connectivity index (χ0v) is 17.5. The van der Waals surface area contributed by atoms with Gasteiger partial charge in [0.1, 0.15) is 18.1 Å². The number of aliphatic hydroxyl groups is 1. The van der Waals surface area contributed by atoms with Crippen molar-refractivity contribution in [3.05, 3.63) is 35.9 Å². The summed E-state index contributed by atoms with van der Waals surface area (Å²) in [4.78, 5) is 48.2. The molecule has 0 aliphatic rings. The number of carboxylic acid groups (broad SMARTS) is 1. The van der Waals surface area contributed by atoms with E-state index in [4.69, 9.17) is 15.9 Å². The van der Waals surface area contributed by atoms with E-state index in [-0.39, 0.29) is 13.0 Å². The van der Waals surface area contributed by atoms with E-state index in [9.17, 15) is 19.2 Å². The van der Waals surface area contributed by atoms with Crippen LogP contribution < -0.4 is 21.7 Å². The zero-order valence-electron chi connectivity index (χ0n) is 16.7. The van der Waals surface area contributed by atoms with Gasteiger partial charge in [-0.2, -0.15) is 11.8 Å².